The highest BCUT2D eigenvalue weighted by Gasteiger charge is 2.34. The highest BCUT2D eigenvalue weighted by molar-refractivity contribution is 5.48. The van der Waals surface area contributed by atoms with Gasteiger partial charge in [-0.2, -0.15) is 13.2 Å². The quantitative estimate of drug-likeness (QED) is 0.795. The summed E-state index contributed by atoms with van der Waals surface area (Å²) in [6, 6.07) is 6.87. The van der Waals surface area contributed by atoms with E-state index in [1.807, 2.05) is 0 Å². The van der Waals surface area contributed by atoms with Gasteiger partial charge in [0, 0.05) is 12.2 Å². The predicted molar refractivity (Wildman–Crippen MR) is 69.9 cm³/mol. The van der Waals surface area contributed by atoms with E-state index in [2.05, 4.69) is 5.32 Å². The monoisotopic (exact) mass is 301 g/mol. The molecule has 0 aliphatic rings. The van der Waals surface area contributed by atoms with Crippen molar-refractivity contribution in [2.75, 3.05) is 5.32 Å². The van der Waals surface area contributed by atoms with Gasteiger partial charge in [-0.1, -0.05) is 6.07 Å². The second kappa shape index (κ2) is 5.71. The second-order valence-electron chi connectivity index (χ2n) is 4.62. The minimum Gasteiger partial charge on any atom is -0.381 e. The van der Waals surface area contributed by atoms with Crippen LogP contribution >= 0.6 is 0 Å². The van der Waals surface area contributed by atoms with Gasteiger partial charge in [-0.3, -0.25) is 0 Å². The van der Waals surface area contributed by atoms with Crippen molar-refractivity contribution in [3.63, 3.8) is 0 Å². The number of aryl methyl sites for hydroxylation is 1. The lowest BCUT2D eigenvalue weighted by atomic mass is 10.1. The van der Waals surface area contributed by atoms with Crippen LogP contribution in [0.3, 0.4) is 0 Å². The van der Waals surface area contributed by atoms with Crippen LogP contribution in [0.2, 0.25) is 0 Å². The van der Waals surface area contributed by atoms with E-state index < -0.39 is 17.6 Å². The zero-order chi connectivity index (χ0) is 15.6. The Morgan fingerprint density at radius 2 is 1.71 bits per heavy atom. The van der Waals surface area contributed by atoms with Crippen molar-refractivity contribution in [1.29, 1.82) is 0 Å². The van der Waals surface area contributed by atoms with Gasteiger partial charge in [0.15, 0.2) is 0 Å². The van der Waals surface area contributed by atoms with Gasteiger partial charge in [0.25, 0.3) is 0 Å². The molecule has 0 bridgehead atoms. The van der Waals surface area contributed by atoms with Crippen molar-refractivity contribution in [2.24, 2.45) is 0 Å². The van der Waals surface area contributed by atoms with Gasteiger partial charge in [0.1, 0.15) is 11.6 Å². The van der Waals surface area contributed by atoms with E-state index in [0.717, 1.165) is 11.6 Å². The fourth-order valence-electron chi connectivity index (χ4n) is 1.91. The maximum Gasteiger partial charge on any atom is 0.419 e. The lowest BCUT2D eigenvalue weighted by Crippen LogP contribution is -2.09. The van der Waals surface area contributed by atoms with Crippen molar-refractivity contribution < 1.29 is 22.0 Å². The summed E-state index contributed by atoms with van der Waals surface area (Å²) in [7, 11) is 0. The van der Waals surface area contributed by atoms with Crippen molar-refractivity contribution in [3.05, 3.63) is 64.7 Å². The molecule has 6 heteroatoms. The molecular formula is C15H12F5N. The third kappa shape index (κ3) is 3.71. The number of halogens is 5. The molecule has 0 atom stereocenters. The third-order valence-corrected chi connectivity index (χ3v) is 3.06. The zero-order valence-corrected chi connectivity index (χ0v) is 11.1. The van der Waals surface area contributed by atoms with Crippen molar-refractivity contribution in [3.8, 4) is 0 Å². The molecule has 0 aliphatic heterocycles. The summed E-state index contributed by atoms with van der Waals surface area (Å²) < 4.78 is 63.9. The number of anilines is 1. The predicted octanol–water partition coefficient (Wildman–Crippen LogP) is 4.90. The van der Waals surface area contributed by atoms with Gasteiger partial charge in [-0.25, -0.2) is 8.78 Å². The van der Waals surface area contributed by atoms with Crippen LogP contribution in [0.4, 0.5) is 27.6 Å². The minimum atomic E-state index is -4.74. The average Bonchev–Trinajstić information content (AvgIpc) is 2.38. The van der Waals surface area contributed by atoms with E-state index in [-0.39, 0.29) is 18.0 Å². The largest absolute Gasteiger partial charge is 0.419 e. The fourth-order valence-corrected chi connectivity index (χ4v) is 1.91. The maximum atomic E-state index is 13.1. The third-order valence-electron chi connectivity index (χ3n) is 3.06. The summed E-state index contributed by atoms with van der Waals surface area (Å²) in [6.07, 6.45) is -4.74. The van der Waals surface area contributed by atoms with E-state index in [1.54, 1.807) is 13.0 Å². The van der Waals surface area contributed by atoms with Gasteiger partial charge >= 0.3 is 6.18 Å². The van der Waals surface area contributed by atoms with Crippen LogP contribution in [-0.4, -0.2) is 0 Å². The molecule has 0 amide bonds. The molecule has 1 N–H and O–H groups in total. The SMILES string of the molecule is Cc1cc(F)ccc1CNc1ccc(F)c(C(F)(F)F)c1. The standard InChI is InChI=1S/C15H12F5N/c1-9-6-11(16)3-2-10(9)8-21-12-4-5-14(17)13(7-12)15(18,19)20/h2-7,21H,8H2,1H3. The smallest absolute Gasteiger partial charge is 0.381 e. The number of rotatable bonds is 3. The molecular weight excluding hydrogens is 289 g/mol. The molecule has 1 nitrogen and oxygen atoms in total. The number of nitrogens with one attached hydrogen (secondary N) is 1. The summed E-state index contributed by atoms with van der Waals surface area (Å²) in [5.74, 6) is -1.69. The van der Waals surface area contributed by atoms with Gasteiger partial charge < -0.3 is 5.32 Å². The first-order valence-corrected chi connectivity index (χ1v) is 6.13. The molecule has 2 rings (SSSR count). The highest BCUT2D eigenvalue weighted by Crippen LogP contribution is 2.33. The van der Waals surface area contributed by atoms with Gasteiger partial charge in [0.2, 0.25) is 0 Å². The van der Waals surface area contributed by atoms with Crippen molar-refractivity contribution in [2.45, 2.75) is 19.6 Å². The lowest BCUT2D eigenvalue weighted by Gasteiger charge is -2.12. The average molecular weight is 301 g/mol. The van der Waals surface area contributed by atoms with Crippen LogP contribution in [0.15, 0.2) is 36.4 Å². The molecule has 0 unspecified atom stereocenters. The Morgan fingerprint density at radius 1 is 1.00 bits per heavy atom. The second-order valence-corrected chi connectivity index (χ2v) is 4.62. The van der Waals surface area contributed by atoms with E-state index in [4.69, 9.17) is 0 Å². The van der Waals surface area contributed by atoms with Crippen LogP contribution in [0.1, 0.15) is 16.7 Å². The van der Waals surface area contributed by atoms with Gasteiger partial charge in [0.05, 0.1) is 5.56 Å². The number of hydrogen-bond acceptors (Lipinski definition) is 1. The molecule has 112 valence electrons. The molecule has 0 heterocycles. The Morgan fingerprint density at radius 3 is 2.33 bits per heavy atom. The molecule has 2 aromatic rings. The van der Waals surface area contributed by atoms with Crippen LogP contribution in [-0.2, 0) is 12.7 Å². The Bertz CT molecular complexity index is 649. The molecule has 0 radical (unpaired) electrons. The summed E-state index contributed by atoms with van der Waals surface area (Å²) in [6.45, 7) is 1.92. The lowest BCUT2D eigenvalue weighted by molar-refractivity contribution is -0.139. The van der Waals surface area contributed by atoms with E-state index in [0.29, 0.717) is 11.6 Å². The van der Waals surface area contributed by atoms with E-state index in [9.17, 15) is 22.0 Å². The van der Waals surface area contributed by atoms with Crippen LogP contribution in [0, 0.1) is 18.6 Å². The Labute approximate surface area is 118 Å². The first kappa shape index (κ1) is 15.3. The topological polar surface area (TPSA) is 12.0 Å². The summed E-state index contributed by atoms with van der Waals surface area (Å²) in [5, 5.41) is 2.77. The molecule has 0 saturated heterocycles. The fraction of sp³-hybridized carbons (Fsp3) is 0.200. The zero-order valence-electron chi connectivity index (χ0n) is 11.1. The molecule has 0 saturated carbocycles. The summed E-state index contributed by atoms with van der Waals surface area (Å²) in [4.78, 5) is 0. The van der Waals surface area contributed by atoms with Gasteiger partial charge in [-0.15, -0.1) is 0 Å². The highest BCUT2D eigenvalue weighted by atomic mass is 19.4. The summed E-state index contributed by atoms with van der Waals surface area (Å²) in [5.41, 5.74) is 0.255. The van der Waals surface area contributed by atoms with E-state index >= 15 is 0 Å². The van der Waals surface area contributed by atoms with Crippen LogP contribution in [0.25, 0.3) is 0 Å². The first-order valence-electron chi connectivity index (χ1n) is 6.13. The molecule has 0 aliphatic carbocycles. The van der Waals surface area contributed by atoms with Crippen LogP contribution in [0.5, 0.6) is 0 Å². The number of benzene rings is 2. The van der Waals surface area contributed by atoms with E-state index in [1.165, 1.54) is 18.2 Å². The minimum absolute atomic E-state index is 0.146. The van der Waals surface area contributed by atoms with Crippen molar-refractivity contribution in [1.82, 2.24) is 0 Å². The Balaban J connectivity index is 2.17. The molecule has 21 heavy (non-hydrogen) atoms. The maximum absolute atomic E-state index is 13.1. The normalized spacial score (nSPS) is 11.5. The number of hydrogen-bond donors (Lipinski definition) is 1. The summed E-state index contributed by atoms with van der Waals surface area (Å²) >= 11 is 0. The molecule has 0 fully saturated rings. The number of alkyl halides is 3. The Kier molecular flexibility index (Phi) is 4.16. The molecule has 2 aromatic carbocycles. The Hall–Kier alpha value is -2.11. The van der Waals surface area contributed by atoms with Crippen molar-refractivity contribution >= 4 is 5.69 Å². The van der Waals surface area contributed by atoms with Crippen LogP contribution < -0.4 is 5.32 Å². The first-order chi connectivity index (χ1) is 9.77. The molecule has 0 spiro atoms. The molecule has 0 aromatic heterocycles. The van der Waals surface area contributed by atoms with Gasteiger partial charge in [-0.05, 0) is 48.4 Å².